The lowest BCUT2D eigenvalue weighted by molar-refractivity contribution is 0.241. The third-order valence-electron chi connectivity index (χ3n) is 3.43. The molecule has 0 bridgehead atoms. The molecule has 1 heterocycles. The predicted octanol–water partition coefficient (Wildman–Crippen LogP) is 2.74. The molecule has 1 rings (SSSR count). The smallest absolute Gasteiger partial charge is 0.0870 e. The van der Waals surface area contributed by atoms with Crippen LogP contribution in [0.3, 0.4) is 0 Å². The summed E-state index contributed by atoms with van der Waals surface area (Å²) in [6.45, 7) is 10.1. The maximum Gasteiger partial charge on any atom is 0.0870 e. The first kappa shape index (κ1) is 16.1. The fourth-order valence-electron chi connectivity index (χ4n) is 2.16. The van der Waals surface area contributed by atoms with Gasteiger partial charge in [-0.05, 0) is 32.8 Å². The van der Waals surface area contributed by atoms with E-state index in [0.29, 0.717) is 23.6 Å². The second kappa shape index (κ2) is 7.60. The highest BCUT2D eigenvalue weighted by Crippen LogP contribution is 2.15. The Labute approximate surface area is 122 Å². The molecule has 0 saturated heterocycles. The van der Waals surface area contributed by atoms with E-state index in [4.69, 9.17) is 18.0 Å². The van der Waals surface area contributed by atoms with Gasteiger partial charge < -0.3 is 5.73 Å². The van der Waals surface area contributed by atoms with Crippen LogP contribution < -0.4 is 5.73 Å². The van der Waals surface area contributed by atoms with E-state index in [2.05, 4.69) is 54.6 Å². The molecule has 0 saturated carbocycles. The number of nitrogens with two attached hydrogens (primary N) is 1. The number of aromatic nitrogens is 2. The highest BCUT2D eigenvalue weighted by molar-refractivity contribution is 7.80. The van der Waals surface area contributed by atoms with Gasteiger partial charge in [0.25, 0.3) is 0 Å². The zero-order valence-electron chi connectivity index (χ0n) is 12.5. The van der Waals surface area contributed by atoms with Gasteiger partial charge >= 0.3 is 0 Å². The molecule has 0 atom stereocenters. The van der Waals surface area contributed by atoms with Gasteiger partial charge in [0.1, 0.15) is 0 Å². The maximum absolute atomic E-state index is 5.65. The van der Waals surface area contributed by atoms with Crippen molar-refractivity contribution < 1.29 is 0 Å². The summed E-state index contributed by atoms with van der Waals surface area (Å²) < 4.78 is 2.08. The van der Waals surface area contributed by atoms with Gasteiger partial charge in [-0.3, -0.25) is 9.58 Å². The molecule has 0 amide bonds. The van der Waals surface area contributed by atoms with Crippen LogP contribution in [0.4, 0.5) is 0 Å². The summed E-state index contributed by atoms with van der Waals surface area (Å²) in [5.74, 6) is 0. The second-order valence-electron chi connectivity index (χ2n) is 5.22. The summed E-state index contributed by atoms with van der Waals surface area (Å²) in [4.78, 5) is 2.77. The monoisotopic (exact) mass is 282 g/mol. The van der Waals surface area contributed by atoms with E-state index in [1.54, 1.807) is 0 Å². The molecule has 19 heavy (non-hydrogen) atoms. The van der Waals surface area contributed by atoms with E-state index < -0.39 is 0 Å². The molecule has 0 aliphatic heterocycles. The van der Waals surface area contributed by atoms with Crippen molar-refractivity contribution in [2.45, 2.75) is 59.2 Å². The zero-order valence-corrected chi connectivity index (χ0v) is 13.3. The van der Waals surface area contributed by atoms with Crippen molar-refractivity contribution in [3.63, 3.8) is 0 Å². The first-order valence-corrected chi connectivity index (χ1v) is 7.45. The topological polar surface area (TPSA) is 47.1 Å². The van der Waals surface area contributed by atoms with Gasteiger partial charge in [-0.2, -0.15) is 5.10 Å². The number of thiocarbonyl (C=S) groups is 1. The molecular formula is C14H26N4S. The minimum absolute atomic E-state index is 0.403. The quantitative estimate of drug-likeness (QED) is 0.745. The Morgan fingerprint density at radius 3 is 2.53 bits per heavy atom. The van der Waals surface area contributed by atoms with Gasteiger partial charge in [0.05, 0.1) is 16.7 Å². The normalized spacial score (nSPS) is 11.7. The van der Waals surface area contributed by atoms with Gasteiger partial charge in [-0.15, -0.1) is 0 Å². The van der Waals surface area contributed by atoms with E-state index in [9.17, 15) is 0 Å². The number of nitrogens with zero attached hydrogens (tertiary/aromatic N) is 3. The number of hydrogen-bond acceptors (Lipinski definition) is 3. The number of rotatable bonds is 8. The second-order valence-corrected chi connectivity index (χ2v) is 5.75. The van der Waals surface area contributed by atoms with Crippen LogP contribution in [-0.2, 0) is 6.54 Å². The molecule has 4 nitrogen and oxygen atoms in total. The standard InChI is InChI=1S/C14H26N4S/c1-5-13(6-2)18-8-7-12(16-18)9-17(11(3)4)10-14(15)19/h7-8,11,13H,5-6,9-10H2,1-4H3,(H2,15,19). The molecular weight excluding hydrogens is 256 g/mol. The van der Waals surface area contributed by atoms with Gasteiger partial charge in [0, 0.05) is 25.3 Å². The fourth-order valence-corrected chi connectivity index (χ4v) is 2.32. The van der Waals surface area contributed by atoms with Crippen molar-refractivity contribution in [2.75, 3.05) is 6.54 Å². The van der Waals surface area contributed by atoms with Crippen LogP contribution in [0.15, 0.2) is 12.3 Å². The van der Waals surface area contributed by atoms with Crippen molar-refractivity contribution in [3.05, 3.63) is 18.0 Å². The molecule has 0 unspecified atom stereocenters. The van der Waals surface area contributed by atoms with Gasteiger partial charge in [-0.25, -0.2) is 0 Å². The first-order chi connectivity index (χ1) is 8.97. The first-order valence-electron chi connectivity index (χ1n) is 7.04. The Balaban J connectivity index is 2.72. The lowest BCUT2D eigenvalue weighted by atomic mass is 10.2. The van der Waals surface area contributed by atoms with E-state index in [1.165, 1.54) is 0 Å². The van der Waals surface area contributed by atoms with Crippen LogP contribution >= 0.6 is 12.2 Å². The lowest BCUT2D eigenvalue weighted by Crippen LogP contribution is -2.37. The summed E-state index contributed by atoms with van der Waals surface area (Å²) >= 11 is 5.00. The van der Waals surface area contributed by atoms with Crippen molar-refractivity contribution in [1.82, 2.24) is 14.7 Å². The zero-order chi connectivity index (χ0) is 14.4. The largest absolute Gasteiger partial charge is 0.392 e. The van der Waals surface area contributed by atoms with Crippen molar-refractivity contribution in [2.24, 2.45) is 5.73 Å². The Kier molecular flexibility index (Phi) is 6.45. The van der Waals surface area contributed by atoms with Gasteiger partial charge in [0.15, 0.2) is 0 Å². The molecule has 0 aliphatic rings. The summed E-state index contributed by atoms with van der Waals surface area (Å²) in [7, 11) is 0. The summed E-state index contributed by atoms with van der Waals surface area (Å²) in [5, 5.41) is 4.67. The molecule has 2 N–H and O–H groups in total. The molecule has 0 aromatic carbocycles. The maximum atomic E-state index is 5.65. The molecule has 0 fully saturated rings. The average Bonchev–Trinajstić information content (AvgIpc) is 2.78. The Bertz CT molecular complexity index is 396. The molecule has 0 radical (unpaired) electrons. The van der Waals surface area contributed by atoms with Crippen molar-refractivity contribution in [1.29, 1.82) is 0 Å². The summed E-state index contributed by atoms with van der Waals surface area (Å²) in [6, 6.07) is 2.99. The Morgan fingerprint density at radius 1 is 1.42 bits per heavy atom. The minimum atomic E-state index is 0.403. The molecule has 0 spiro atoms. The van der Waals surface area contributed by atoms with E-state index in [0.717, 1.165) is 25.1 Å². The van der Waals surface area contributed by atoms with E-state index >= 15 is 0 Å². The van der Waals surface area contributed by atoms with Crippen LogP contribution in [0.25, 0.3) is 0 Å². The predicted molar refractivity (Wildman–Crippen MR) is 84.2 cm³/mol. The third kappa shape index (κ3) is 4.91. The minimum Gasteiger partial charge on any atom is -0.392 e. The molecule has 5 heteroatoms. The van der Waals surface area contributed by atoms with Crippen LogP contribution in [0.1, 0.15) is 52.3 Å². The fraction of sp³-hybridized carbons (Fsp3) is 0.714. The van der Waals surface area contributed by atoms with Crippen LogP contribution in [0.5, 0.6) is 0 Å². The lowest BCUT2D eigenvalue weighted by Gasteiger charge is -2.24. The summed E-state index contributed by atoms with van der Waals surface area (Å²) in [5.41, 5.74) is 6.73. The molecule has 108 valence electrons. The van der Waals surface area contributed by atoms with Gasteiger partial charge in [-0.1, -0.05) is 26.1 Å². The molecule has 0 aliphatic carbocycles. The van der Waals surface area contributed by atoms with Crippen LogP contribution in [0.2, 0.25) is 0 Å². The summed E-state index contributed by atoms with van der Waals surface area (Å²) in [6.07, 6.45) is 4.29. The van der Waals surface area contributed by atoms with E-state index in [-0.39, 0.29) is 0 Å². The van der Waals surface area contributed by atoms with Crippen molar-refractivity contribution >= 4 is 17.2 Å². The Hall–Kier alpha value is -0.940. The highest BCUT2D eigenvalue weighted by Gasteiger charge is 2.14. The van der Waals surface area contributed by atoms with Crippen molar-refractivity contribution in [3.8, 4) is 0 Å². The average molecular weight is 282 g/mol. The molecule has 1 aromatic rings. The highest BCUT2D eigenvalue weighted by atomic mass is 32.1. The SMILES string of the molecule is CCC(CC)n1ccc(CN(CC(N)=S)C(C)C)n1. The van der Waals surface area contributed by atoms with E-state index in [1.807, 2.05) is 0 Å². The van der Waals surface area contributed by atoms with Gasteiger partial charge in [0.2, 0.25) is 0 Å². The van der Waals surface area contributed by atoms with Crippen LogP contribution in [0, 0.1) is 0 Å². The molecule has 1 aromatic heterocycles. The third-order valence-corrected chi connectivity index (χ3v) is 3.56. The number of hydrogen-bond donors (Lipinski definition) is 1. The Morgan fingerprint density at radius 2 is 2.05 bits per heavy atom. The van der Waals surface area contributed by atoms with Crippen LogP contribution in [-0.4, -0.2) is 32.3 Å².